The van der Waals surface area contributed by atoms with Crippen molar-refractivity contribution in [3.05, 3.63) is 28.8 Å². The van der Waals surface area contributed by atoms with Crippen LogP contribution in [0.3, 0.4) is 0 Å². The van der Waals surface area contributed by atoms with Crippen LogP contribution in [0.1, 0.15) is 16.8 Å². The van der Waals surface area contributed by atoms with E-state index in [1.165, 1.54) is 0 Å². The van der Waals surface area contributed by atoms with Gasteiger partial charge in [-0.2, -0.15) is 0 Å². The molecule has 0 radical (unpaired) electrons. The predicted molar refractivity (Wildman–Crippen MR) is 82.0 cm³/mol. The molecule has 0 atom stereocenters. The molecule has 0 saturated carbocycles. The lowest BCUT2D eigenvalue weighted by Gasteiger charge is -2.22. The Kier molecular flexibility index (Phi) is 5.03. The van der Waals surface area contributed by atoms with Crippen molar-refractivity contribution in [3.8, 4) is 0 Å². The summed E-state index contributed by atoms with van der Waals surface area (Å²) in [7, 11) is 0. The third-order valence-electron chi connectivity index (χ3n) is 3.54. The number of para-hydroxylation sites is 1. The van der Waals surface area contributed by atoms with Gasteiger partial charge in [-0.25, -0.2) is 0 Å². The zero-order valence-corrected chi connectivity index (χ0v) is 12.5. The minimum Gasteiger partial charge on any atom is -0.397 e. The summed E-state index contributed by atoms with van der Waals surface area (Å²) in [4.78, 5) is 27.2. The normalized spacial score (nSPS) is 16.5. The number of nitrogens with two attached hydrogens (primary N) is 2. The Hall–Kier alpha value is -1.79. The standard InChI is InChI=1S/C14H19ClN4O2/c15-11-4-1-3-10(13(11)17)14(21)19-6-2-5-18(7-8-19)9-12(16)20/h1,3-4H,2,5-9,17H2,(H2,16,20). The molecule has 1 heterocycles. The maximum absolute atomic E-state index is 12.5. The lowest BCUT2D eigenvalue weighted by atomic mass is 10.1. The lowest BCUT2D eigenvalue weighted by Crippen LogP contribution is -2.38. The molecule has 1 aromatic carbocycles. The molecule has 0 bridgehead atoms. The Morgan fingerprint density at radius 1 is 1.19 bits per heavy atom. The number of nitrogen functional groups attached to an aromatic ring is 1. The topological polar surface area (TPSA) is 92.7 Å². The molecule has 21 heavy (non-hydrogen) atoms. The number of benzene rings is 1. The molecule has 1 fully saturated rings. The number of amides is 2. The highest BCUT2D eigenvalue weighted by molar-refractivity contribution is 6.33. The van der Waals surface area contributed by atoms with E-state index in [1.54, 1.807) is 23.1 Å². The third-order valence-corrected chi connectivity index (χ3v) is 3.87. The first kappa shape index (κ1) is 15.6. The van der Waals surface area contributed by atoms with Gasteiger partial charge in [0.15, 0.2) is 0 Å². The Balaban J connectivity index is 2.06. The zero-order chi connectivity index (χ0) is 15.4. The van der Waals surface area contributed by atoms with Crippen LogP contribution in [0.25, 0.3) is 0 Å². The fourth-order valence-corrected chi connectivity index (χ4v) is 2.62. The largest absolute Gasteiger partial charge is 0.397 e. The predicted octanol–water partition coefficient (Wildman–Crippen LogP) is 0.555. The van der Waals surface area contributed by atoms with Crippen molar-refractivity contribution in [2.45, 2.75) is 6.42 Å². The summed E-state index contributed by atoms with van der Waals surface area (Å²) in [6, 6.07) is 5.05. The molecule has 7 heteroatoms. The number of anilines is 1. The van der Waals surface area contributed by atoms with Gasteiger partial charge >= 0.3 is 0 Å². The van der Waals surface area contributed by atoms with Crippen LogP contribution in [0.15, 0.2) is 18.2 Å². The molecule has 1 aromatic rings. The zero-order valence-electron chi connectivity index (χ0n) is 11.7. The van der Waals surface area contributed by atoms with E-state index in [4.69, 9.17) is 23.1 Å². The fraction of sp³-hybridized carbons (Fsp3) is 0.429. The molecule has 0 aromatic heterocycles. The number of carbonyl (C=O) groups is 2. The van der Waals surface area contributed by atoms with E-state index in [1.807, 2.05) is 4.90 Å². The van der Waals surface area contributed by atoms with Gasteiger partial charge in [0.2, 0.25) is 5.91 Å². The molecule has 6 nitrogen and oxygen atoms in total. The first-order chi connectivity index (χ1) is 9.99. The Morgan fingerprint density at radius 3 is 2.67 bits per heavy atom. The van der Waals surface area contributed by atoms with Gasteiger partial charge in [0.05, 0.1) is 22.8 Å². The number of nitrogens with zero attached hydrogens (tertiary/aromatic N) is 2. The summed E-state index contributed by atoms with van der Waals surface area (Å²) >= 11 is 5.95. The average Bonchev–Trinajstić information content (AvgIpc) is 2.66. The summed E-state index contributed by atoms with van der Waals surface area (Å²) in [5.74, 6) is -0.482. The van der Waals surface area contributed by atoms with Crippen LogP contribution in [-0.4, -0.2) is 54.3 Å². The van der Waals surface area contributed by atoms with Crippen molar-refractivity contribution in [1.82, 2.24) is 9.80 Å². The highest BCUT2D eigenvalue weighted by atomic mass is 35.5. The number of carbonyl (C=O) groups excluding carboxylic acids is 2. The summed E-state index contributed by atoms with van der Waals surface area (Å²) in [6.45, 7) is 2.76. The Morgan fingerprint density at radius 2 is 1.95 bits per heavy atom. The van der Waals surface area contributed by atoms with Crippen LogP contribution in [-0.2, 0) is 4.79 Å². The van der Waals surface area contributed by atoms with Gasteiger partial charge in [-0.1, -0.05) is 17.7 Å². The summed E-state index contributed by atoms with van der Waals surface area (Å²) in [5, 5.41) is 0.381. The van der Waals surface area contributed by atoms with Crippen LogP contribution in [0, 0.1) is 0 Å². The second kappa shape index (κ2) is 6.78. The number of halogens is 1. The smallest absolute Gasteiger partial charge is 0.256 e. The van der Waals surface area contributed by atoms with E-state index in [0.717, 1.165) is 13.0 Å². The molecule has 1 aliphatic rings. The average molecular weight is 311 g/mol. The molecule has 2 amide bonds. The van der Waals surface area contributed by atoms with Gasteiger partial charge in [-0.05, 0) is 18.6 Å². The minimum atomic E-state index is -0.353. The van der Waals surface area contributed by atoms with Gasteiger partial charge in [0.1, 0.15) is 0 Å². The van der Waals surface area contributed by atoms with Gasteiger partial charge in [0.25, 0.3) is 5.91 Å². The molecule has 0 spiro atoms. The van der Waals surface area contributed by atoms with Crippen molar-refractivity contribution in [2.24, 2.45) is 5.73 Å². The van der Waals surface area contributed by atoms with E-state index in [-0.39, 0.29) is 18.4 Å². The van der Waals surface area contributed by atoms with E-state index in [2.05, 4.69) is 0 Å². The first-order valence-corrected chi connectivity index (χ1v) is 7.20. The van der Waals surface area contributed by atoms with Gasteiger partial charge in [-0.3, -0.25) is 14.5 Å². The summed E-state index contributed by atoms with van der Waals surface area (Å²) in [5.41, 5.74) is 11.8. The van der Waals surface area contributed by atoms with Crippen LogP contribution in [0.5, 0.6) is 0 Å². The van der Waals surface area contributed by atoms with Crippen LogP contribution < -0.4 is 11.5 Å². The number of hydrogen-bond acceptors (Lipinski definition) is 4. The fourth-order valence-electron chi connectivity index (χ4n) is 2.45. The van der Waals surface area contributed by atoms with Crippen molar-refractivity contribution in [3.63, 3.8) is 0 Å². The maximum Gasteiger partial charge on any atom is 0.256 e. The van der Waals surface area contributed by atoms with E-state index in [0.29, 0.717) is 35.9 Å². The molecule has 4 N–H and O–H groups in total. The van der Waals surface area contributed by atoms with E-state index < -0.39 is 0 Å². The summed E-state index contributed by atoms with van der Waals surface area (Å²) < 4.78 is 0. The SMILES string of the molecule is NC(=O)CN1CCCN(C(=O)c2cccc(Cl)c2N)CC1. The van der Waals surface area contributed by atoms with Gasteiger partial charge in [0, 0.05) is 26.2 Å². The number of rotatable bonds is 3. The molecular formula is C14H19ClN4O2. The van der Waals surface area contributed by atoms with Crippen LogP contribution in [0.4, 0.5) is 5.69 Å². The van der Waals surface area contributed by atoms with Crippen molar-refractivity contribution in [2.75, 3.05) is 38.5 Å². The van der Waals surface area contributed by atoms with Crippen molar-refractivity contribution >= 4 is 29.1 Å². The Labute approximate surface area is 128 Å². The van der Waals surface area contributed by atoms with Gasteiger partial charge in [-0.15, -0.1) is 0 Å². The van der Waals surface area contributed by atoms with E-state index >= 15 is 0 Å². The highest BCUT2D eigenvalue weighted by Gasteiger charge is 2.22. The van der Waals surface area contributed by atoms with Crippen LogP contribution >= 0.6 is 11.6 Å². The molecular weight excluding hydrogens is 292 g/mol. The highest BCUT2D eigenvalue weighted by Crippen LogP contribution is 2.24. The maximum atomic E-state index is 12.5. The van der Waals surface area contributed by atoms with Crippen molar-refractivity contribution < 1.29 is 9.59 Å². The molecule has 1 aliphatic heterocycles. The van der Waals surface area contributed by atoms with Crippen LogP contribution in [0.2, 0.25) is 5.02 Å². The molecule has 0 aliphatic carbocycles. The minimum absolute atomic E-state index is 0.129. The Bertz CT molecular complexity index is 550. The number of primary amides is 1. The molecule has 0 unspecified atom stereocenters. The number of hydrogen-bond donors (Lipinski definition) is 2. The first-order valence-electron chi connectivity index (χ1n) is 6.83. The lowest BCUT2D eigenvalue weighted by molar-refractivity contribution is -0.119. The van der Waals surface area contributed by atoms with E-state index in [9.17, 15) is 9.59 Å². The second-order valence-corrected chi connectivity index (χ2v) is 5.50. The monoisotopic (exact) mass is 310 g/mol. The summed E-state index contributed by atoms with van der Waals surface area (Å²) in [6.07, 6.45) is 0.791. The molecule has 1 saturated heterocycles. The van der Waals surface area contributed by atoms with Crippen molar-refractivity contribution in [1.29, 1.82) is 0 Å². The molecule has 114 valence electrons. The third kappa shape index (κ3) is 3.86. The van der Waals surface area contributed by atoms with Gasteiger partial charge < -0.3 is 16.4 Å². The quantitative estimate of drug-likeness (QED) is 0.798. The second-order valence-electron chi connectivity index (χ2n) is 5.09. The molecule has 2 rings (SSSR count).